The van der Waals surface area contributed by atoms with Crippen LogP contribution in [-0.2, 0) is 6.54 Å². The second kappa shape index (κ2) is 6.92. The molecule has 4 heteroatoms. The van der Waals surface area contributed by atoms with Crippen LogP contribution in [0.1, 0.15) is 11.1 Å². The van der Waals surface area contributed by atoms with Crippen LogP contribution in [0.25, 0.3) is 16.7 Å². The summed E-state index contributed by atoms with van der Waals surface area (Å²) in [6.45, 7) is 2.85. The maximum atomic E-state index is 5.19. The Kier molecular flexibility index (Phi) is 4.32. The van der Waals surface area contributed by atoms with Gasteiger partial charge in [0.1, 0.15) is 12.1 Å². The Hall–Kier alpha value is -3.27. The molecule has 0 saturated heterocycles. The summed E-state index contributed by atoms with van der Waals surface area (Å²) in [6, 6.07) is 22.8. The number of hydrogen-bond donors (Lipinski definition) is 1. The van der Waals surface area contributed by atoms with Crippen LogP contribution in [0.15, 0.2) is 73.1 Å². The maximum absolute atomic E-state index is 5.19. The zero-order valence-corrected chi connectivity index (χ0v) is 14.9. The molecule has 3 aromatic carbocycles. The Morgan fingerprint density at radius 3 is 2.46 bits per heavy atom. The van der Waals surface area contributed by atoms with Gasteiger partial charge in [0, 0.05) is 17.9 Å². The summed E-state index contributed by atoms with van der Waals surface area (Å²) in [4.78, 5) is 4.56. The van der Waals surface area contributed by atoms with Gasteiger partial charge in [-0.05, 0) is 55.0 Å². The second-order valence-electron chi connectivity index (χ2n) is 6.36. The van der Waals surface area contributed by atoms with Gasteiger partial charge in [-0.15, -0.1) is 0 Å². The molecule has 4 nitrogen and oxygen atoms in total. The molecule has 0 saturated carbocycles. The van der Waals surface area contributed by atoms with Crippen LogP contribution in [0.3, 0.4) is 0 Å². The molecule has 0 aliphatic rings. The standard InChI is InChI=1S/C22H21N3O/c1-16-3-8-19(9-4-16)25-15-24-21-13-18(7-12-22(21)25)23-14-17-5-10-20(26-2)11-6-17/h3-13,15,23H,14H2,1-2H3. The Morgan fingerprint density at radius 1 is 0.962 bits per heavy atom. The van der Waals surface area contributed by atoms with Crippen LogP contribution in [-0.4, -0.2) is 16.7 Å². The highest BCUT2D eigenvalue weighted by Crippen LogP contribution is 2.22. The van der Waals surface area contributed by atoms with Crippen LogP contribution in [0.2, 0.25) is 0 Å². The molecule has 0 atom stereocenters. The van der Waals surface area contributed by atoms with Gasteiger partial charge in [-0.2, -0.15) is 0 Å². The molecule has 0 aliphatic carbocycles. The van der Waals surface area contributed by atoms with Gasteiger partial charge in [0.2, 0.25) is 0 Å². The summed E-state index contributed by atoms with van der Waals surface area (Å²) >= 11 is 0. The number of imidazole rings is 1. The lowest BCUT2D eigenvalue weighted by molar-refractivity contribution is 0.414. The van der Waals surface area contributed by atoms with Gasteiger partial charge in [0.05, 0.1) is 18.1 Å². The van der Waals surface area contributed by atoms with E-state index >= 15 is 0 Å². The fraction of sp³-hybridized carbons (Fsp3) is 0.136. The van der Waals surface area contributed by atoms with Crippen molar-refractivity contribution < 1.29 is 4.74 Å². The quantitative estimate of drug-likeness (QED) is 0.557. The molecule has 1 heterocycles. The number of fused-ring (bicyclic) bond motifs is 1. The Morgan fingerprint density at radius 2 is 1.73 bits per heavy atom. The Balaban J connectivity index is 1.53. The van der Waals surface area contributed by atoms with E-state index in [1.54, 1.807) is 7.11 Å². The molecular formula is C22H21N3O. The third-order valence-corrected chi connectivity index (χ3v) is 4.52. The average Bonchev–Trinajstić information content (AvgIpc) is 3.10. The monoisotopic (exact) mass is 343 g/mol. The molecular weight excluding hydrogens is 322 g/mol. The van der Waals surface area contributed by atoms with Crippen LogP contribution in [0.5, 0.6) is 5.75 Å². The number of rotatable bonds is 5. The minimum atomic E-state index is 0.758. The van der Waals surface area contributed by atoms with Gasteiger partial charge in [0.25, 0.3) is 0 Å². The molecule has 4 aromatic rings. The van der Waals surface area contributed by atoms with Crippen LogP contribution >= 0.6 is 0 Å². The van der Waals surface area contributed by atoms with Gasteiger partial charge < -0.3 is 10.1 Å². The smallest absolute Gasteiger partial charge is 0.118 e. The van der Waals surface area contributed by atoms with E-state index in [1.807, 2.05) is 18.5 Å². The van der Waals surface area contributed by atoms with Crippen LogP contribution < -0.4 is 10.1 Å². The number of hydrogen-bond acceptors (Lipinski definition) is 3. The van der Waals surface area contributed by atoms with E-state index in [0.717, 1.165) is 34.7 Å². The van der Waals surface area contributed by atoms with Crippen LogP contribution in [0.4, 0.5) is 5.69 Å². The molecule has 26 heavy (non-hydrogen) atoms. The third kappa shape index (κ3) is 3.26. The van der Waals surface area contributed by atoms with Crippen molar-refractivity contribution in [3.8, 4) is 11.4 Å². The van der Waals surface area contributed by atoms with E-state index in [9.17, 15) is 0 Å². The lowest BCUT2D eigenvalue weighted by Gasteiger charge is -2.08. The van der Waals surface area contributed by atoms with Crippen molar-refractivity contribution in [3.63, 3.8) is 0 Å². The van der Waals surface area contributed by atoms with E-state index in [1.165, 1.54) is 11.1 Å². The van der Waals surface area contributed by atoms with E-state index in [4.69, 9.17) is 4.74 Å². The predicted molar refractivity (Wildman–Crippen MR) is 106 cm³/mol. The number of aromatic nitrogens is 2. The van der Waals surface area contributed by atoms with Gasteiger partial charge in [0.15, 0.2) is 0 Å². The molecule has 0 radical (unpaired) electrons. The molecule has 0 aliphatic heterocycles. The second-order valence-corrected chi connectivity index (χ2v) is 6.36. The minimum Gasteiger partial charge on any atom is -0.497 e. The summed E-state index contributed by atoms with van der Waals surface area (Å²) in [5.74, 6) is 0.872. The number of ether oxygens (including phenoxy) is 1. The van der Waals surface area contributed by atoms with Gasteiger partial charge >= 0.3 is 0 Å². The number of methoxy groups -OCH3 is 1. The van der Waals surface area contributed by atoms with E-state index in [-0.39, 0.29) is 0 Å². The summed E-state index contributed by atoms with van der Waals surface area (Å²) in [6.07, 6.45) is 1.88. The first-order valence-corrected chi connectivity index (χ1v) is 8.64. The Labute approximate surface area is 153 Å². The van der Waals surface area contributed by atoms with Crippen molar-refractivity contribution in [1.82, 2.24) is 9.55 Å². The zero-order valence-electron chi connectivity index (χ0n) is 14.9. The molecule has 1 aromatic heterocycles. The summed E-state index contributed by atoms with van der Waals surface area (Å²) < 4.78 is 7.31. The average molecular weight is 343 g/mol. The molecule has 0 bridgehead atoms. The first kappa shape index (κ1) is 16.2. The zero-order chi connectivity index (χ0) is 17.9. The fourth-order valence-corrected chi connectivity index (χ4v) is 2.98. The van der Waals surface area contributed by atoms with Crippen molar-refractivity contribution in [2.45, 2.75) is 13.5 Å². The van der Waals surface area contributed by atoms with E-state index < -0.39 is 0 Å². The van der Waals surface area contributed by atoms with Crippen molar-refractivity contribution in [2.75, 3.05) is 12.4 Å². The van der Waals surface area contributed by atoms with Gasteiger partial charge in [-0.3, -0.25) is 4.57 Å². The molecule has 130 valence electrons. The highest BCUT2D eigenvalue weighted by molar-refractivity contribution is 5.81. The molecule has 0 fully saturated rings. The van der Waals surface area contributed by atoms with Crippen molar-refractivity contribution >= 4 is 16.7 Å². The topological polar surface area (TPSA) is 39.1 Å². The SMILES string of the molecule is COc1ccc(CNc2ccc3c(c2)ncn3-c2ccc(C)cc2)cc1. The molecule has 0 amide bonds. The van der Waals surface area contributed by atoms with Crippen molar-refractivity contribution in [1.29, 1.82) is 0 Å². The van der Waals surface area contributed by atoms with Crippen molar-refractivity contribution in [3.05, 3.63) is 84.2 Å². The number of nitrogens with one attached hydrogen (secondary N) is 1. The fourth-order valence-electron chi connectivity index (χ4n) is 2.98. The lowest BCUT2D eigenvalue weighted by Crippen LogP contribution is -1.99. The molecule has 4 rings (SSSR count). The van der Waals surface area contributed by atoms with E-state index in [2.05, 4.69) is 76.4 Å². The largest absolute Gasteiger partial charge is 0.497 e. The van der Waals surface area contributed by atoms with E-state index in [0.29, 0.717) is 0 Å². The minimum absolute atomic E-state index is 0.758. The van der Waals surface area contributed by atoms with Crippen molar-refractivity contribution in [2.24, 2.45) is 0 Å². The number of benzene rings is 3. The molecule has 1 N–H and O–H groups in total. The maximum Gasteiger partial charge on any atom is 0.118 e. The molecule has 0 spiro atoms. The van der Waals surface area contributed by atoms with Gasteiger partial charge in [-0.1, -0.05) is 29.8 Å². The summed E-state index contributed by atoms with van der Waals surface area (Å²) in [7, 11) is 1.68. The highest BCUT2D eigenvalue weighted by atomic mass is 16.5. The normalized spacial score (nSPS) is 10.8. The third-order valence-electron chi connectivity index (χ3n) is 4.52. The number of anilines is 1. The number of nitrogens with zero attached hydrogens (tertiary/aromatic N) is 2. The Bertz CT molecular complexity index is 1020. The first-order valence-electron chi connectivity index (χ1n) is 8.64. The first-order chi connectivity index (χ1) is 12.7. The summed E-state index contributed by atoms with van der Waals surface area (Å²) in [5.41, 5.74) is 6.72. The number of aryl methyl sites for hydroxylation is 1. The summed E-state index contributed by atoms with van der Waals surface area (Å²) in [5, 5.41) is 3.46. The highest BCUT2D eigenvalue weighted by Gasteiger charge is 2.06. The predicted octanol–water partition coefficient (Wildman–Crippen LogP) is 4.95. The van der Waals surface area contributed by atoms with Gasteiger partial charge in [-0.25, -0.2) is 4.98 Å². The van der Waals surface area contributed by atoms with Crippen LogP contribution in [0, 0.1) is 6.92 Å². The lowest BCUT2D eigenvalue weighted by atomic mass is 10.2. The molecule has 0 unspecified atom stereocenters.